The van der Waals surface area contributed by atoms with Crippen molar-refractivity contribution in [1.29, 1.82) is 0 Å². The van der Waals surface area contributed by atoms with Gasteiger partial charge in [0.15, 0.2) is 0 Å². The molecular weight excluding hydrogens is 185 g/mol. The van der Waals surface area contributed by atoms with Crippen molar-refractivity contribution in [3.8, 4) is 0 Å². The fraction of sp³-hybridized carbons (Fsp3) is 0.222. The summed E-state index contributed by atoms with van der Waals surface area (Å²) in [6.45, 7) is 0.000276. The molecule has 0 bridgehead atoms. The number of aromatic nitrogens is 2. The van der Waals surface area contributed by atoms with Crippen molar-refractivity contribution in [2.45, 2.75) is 6.10 Å². The topological polar surface area (TPSA) is 74.9 Å². The SMILES string of the molecule is NCC(O)c1cc2cn[nH]c2cc1F. The van der Waals surface area contributed by atoms with Crippen LogP contribution in [0, 0.1) is 5.82 Å². The number of halogens is 1. The van der Waals surface area contributed by atoms with Gasteiger partial charge in [-0.2, -0.15) is 5.10 Å². The number of nitrogens with zero attached hydrogens (tertiary/aromatic N) is 1. The molecule has 5 heteroatoms. The zero-order valence-corrected chi connectivity index (χ0v) is 7.37. The van der Waals surface area contributed by atoms with Gasteiger partial charge in [-0.1, -0.05) is 0 Å². The smallest absolute Gasteiger partial charge is 0.131 e. The molecule has 1 aromatic heterocycles. The van der Waals surface area contributed by atoms with E-state index >= 15 is 0 Å². The Bertz CT molecular complexity index is 454. The minimum atomic E-state index is -0.964. The number of hydrogen-bond acceptors (Lipinski definition) is 3. The van der Waals surface area contributed by atoms with E-state index in [1.807, 2.05) is 0 Å². The summed E-state index contributed by atoms with van der Waals surface area (Å²) >= 11 is 0. The zero-order valence-electron chi connectivity index (χ0n) is 7.37. The first kappa shape index (κ1) is 9.11. The van der Waals surface area contributed by atoms with Crippen molar-refractivity contribution in [1.82, 2.24) is 10.2 Å². The number of H-pyrrole nitrogens is 1. The summed E-state index contributed by atoms with van der Waals surface area (Å²) in [6, 6.07) is 2.85. The number of nitrogens with one attached hydrogen (secondary N) is 1. The van der Waals surface area contributed by atoms with Gasteiger partial charge in [0.25, 0.3) is 0 Å². The average molecular weight is 195 g/mol. The van der Waals surface area contributed by atoms with Gasteiger partial charge in [0.05, 0.1) is 17.8 Å². The monoisotopic (exact) mass is 195 g/mol. The van der Waals surface area contributed by atoms with Gasteiger partial charge in [-0.05, 0) is 12.1 Å². The molecular formula is C9H10FN3O. The molecule has 0 aliphatic rings. The summed E-state index contributed by atoms with van der Waals surface area (Å²) in [6.07, 6.45) is 0.607. The highest BCUT2D eigenvalue weighted by Crippen LogP contribution is 2.21. The second-order valence-corrected chi connectivity index (χ2v) is 3.08. The van der Waals surface area contributed by atoms with Crippen molar-refractivity contribution < 1.29 is 9.50 Å². The Morgan fingerprint density at radius 3 is 3.07 bits per heavy atom. The van der Waals surface area contributed by atoms with Crippen LogP contribution < -0.4 is 5.73 Å². The quantitative estimate of drug-likeness (QED) is 0.660. The number of aliphatic hydroxyl groups excluding tert-OH is 1. The normalized spacial score (nSPS) is 13.4. The summed E-state index contributed by atoms with van der Waals surface area (Å²) in [5, 5.41) is 16.6. The standard InChI is InChI=1S/C9H10FN3O/c10-7-2-8-5(4-12-13-8)1-6(7)9(14)3-11/h1-2,4,9,14H,3,11H2,(H,12,13). The Hall–Kier alpha value is -1.46. The maximum Gasteiger partial charge on any atom is 0.131 e. The van der Waals surface area contributed by atoms with Gasteiger partial charge in [0.1, 0.15) is 5.82 Å². The Morgan fingerprint density at radius 1 is 1.57 bits per heavy atom. The first-order valence-corrected chi connectivity index (χ1v) is 4.23. The molecule has 74 valence electrons. The largest absolute Gasteiger partial charge is 0.387 e. The molecule has 0 aliphatic heterocycles. The number of benzene rings is 1. The van der Waals surface area contributed by atoms with E-state index in [0.29, 0.717) is 5.52 Å². The highest BCUT2D eigenvalue weighted by Gasteiger charge is 2.12. The molecule has 0 saturated carbocycles. The van der Waals surface area contributed by atoms with Gasteiger partial charge in [-0.3, -0.25) is 5.10 Å². The van der Waals surface area contributed by atoms with Crippen molar-refractivity contribution in [3.05, 3.63) is 29.7 Å². The fourth-order valence-corrected chi connectivity index (χ4v) is 1.36. The Morgan fingerprint density at radius 2 is 2.36 bits per heavy atom. The molecule has 0 aliphatic carbocycles. The van der Waals surface area contributed by atoms with Crippen LogP contribution in [0.25, 0.3) is 10.9 Å². The van der Waals surface area contributed by atoms with Crippen molar-refractivity contribution in [3.63, 3.8) is 0 Å². The predicted molar refractivity (Wildman–Crippen MR) is 50.1 cm³/mol. The number of aliphatic hydroxyl groups is 1. The van der Waals surface area contributed by atoms with Crippen LogP contribution in [0.1, 0.15) is 11.7 Å². The lowest BCUT2D eigenvalue weighted by molar-refractivity contribution is 0.182. The van der Waals surface area contributed by atoms with E-state index in [4.69, 9.17) is 5.73 Å². The van der Waals surface area contributed by atoms with E-state index in [2.05, 4.69) is 10.2 Å². The molecule has 2 aromatic rings. The minimum absolute atomic E-state index is 0.000276. The third kappa shape index (κ3) is 1.36. The van der Waals surface area contributed by atoms with E-state index < -0.39 is 11.9 Å². The third-order valence-electron chi connectivity index (χ3n) is 2.14. The number of fused-ring (bicyclic) bond motifs is 1. The Balaban J connectivity index is 2.58. The Labute approximate surface area is 79.5 Å². The third-order valence-corrected chi connectivity index (χ3v) is 2.14. The van der Waals surface area contributed by atoms with Crippen LogP contribution >= 0.6 is 0 Å². The van der Waals surface area contributed by atoms with E-state index in [9.17, 15) is 9.50 Å². The predicted octanol–water partition coefficient (Wildman–Crippen LogP) is 0.694. The highest BCUT2D eigenvalue weighted by molar-refractivity contribution is 5.78. The number of hydrogen-bond donors (Lipinski definition) is 3. The van der Waals surface area contributed by atoms with E-state index in [1.165, 1.54) is 6.07 Å². The van der Waals surface area contributed by atoms with Gasteiger partial charge >= 0.3 is 0 Å². The summed E-state index contributed by atoms with van der Waals surface area (Å²) in [5.41, 5.74) is 6.07. The van der Waals surface area contributed by atoms with Gasteiger partial charge in [0.2, 0.25) is 0 Å². The van der Waals surface area contributed by atoms with E-state index in [1.54, 1.807) is 12.3 Å². The minimum Gasteiger partial charge on any atom is -0.387 e. The van der Waals surface area contributed by atoms with Gasteiger partial charge in [0, 0.05) is 17.5 Å². The first-order chi connectivity index (χ1) is 6.72. The number of nitrogens with two attached hydrogens (primary N) is 1. The van der Waals surface area contributed by atoms with E-state index in [0.717, 1.165) is 5.39 Å². The van der Waals surface area contributed by atoms with Crippen LogP contribution in [0.15, 0.2) is 18.3 Å². The number of rotatable bonds is 2. The highest BCUT2D eigenvalue weighted by atomic mass is 19.1. The molecule has 14 heavy (non-hydrogen) atoms. The first-order valence-electron chi connectivity index (χ1n) is 4.23. The van der Waals surface area contributed by atoms with Crippen LogP contribution in [0.3, 0.4) is 0 Å². The van der Waals surface area contributed by atoms with Gasteiger partial charge < -0.3 is 10.8 Å². The summed E-state index contributed by atoms with van der Waals surface area (Å²) in [7, 11) is 0. The lowest BCUT2D eigenvalue weighted by Crippen LogP contribution is -2.12. The van der Waals surface area contributed by atoms with E-state index in [-0.39, 0.29) is 12.1 Å². The van der Waals surface area contributed by atoms with Gasteiger partial charge in [-0.15, -0.1) is 0 Å². The molecule has 4 nitrogen and oxygen atoms in total. The molecule has 0 spiro atoms. The van der Waals surface area contributed by atoms with Gasteiger partial charge in [-0.25, -0.2) is 4.39 Å². The second-order valence-electron chi connectivity index (χ2n) is 3.08. The average Bonchev–Trinajstić information content (AvgIpc) is 2.62. The maximum atomic E-state index is 13.4. The summed E-state index contributed by atoms with van der Waals surface area (Å²) in [5.74, 6) is -0.472. The van der Waals surface area contributed by atoms with Crippen LogP contribution in [0.2, 0.25) is 0 Å². The van der Waals surface area contributed by atoms with Crippen molar-refractivity contribution in [2.24, 2.45) is 5.73 Å². The lowest BCUT2D eigenvalue weighted by atomic mass is 10.1. The lowest BCUT2D eigenvalue weighted by Gasteiger charge is -2.08. The summed E-state index contributed by atoms with van der Waals surface area (Å²) in [4.78, 5) is 0. The molecule has 1 heterocycles. The fourth-order valence-electron chi connectivity index (χ4n) is 1.36. The van der Waals surface area contributed by atoms with Crippen molar-refractivity contribution >= 4 is 10.9 Å². The van der Waals surface area contributed by atoms with Crippen LogP contribution in [0.4, 0.5) is 4.39 Å². The molecule has 1 aromatic carbocycles. The second kappa shape index (κ2) is 3.36. The number of aromatic amines is 1. The molecule has 4 N–H and O–H groups in total. The Kier molecular flexibility index (Phi) is 2.18. The molecule has 0 saturated heterocycles. The molecule has 0 fully saturated rings. The van der Waals surface area contributed by atoms with Crippen LogP contribution in [-0.2, 0) is 0 Å². The molecule has 0 radical (unpaired) electrons. The molecule has 1 atom stereocenters. The maximum absolute atomic E-state index is 13.4. The van der Waals surface area contributed by atoms with Crippen molar-refractivity contribution in [2.75, 3.05) is 6.54 Å². The molecule has 1 unspecified atom stereocenters. The zero-order chi connectivity index (χ0) is 10.1. The summed E-state index contributed by atoms with van der Waals surface area (Å²) < 4.78 is 13.4. The molecule has 2 rings (SSSR count). The van der Waals surface area contributed by atoms with Crippen LogP contribution in [-0.4, -0.2) is 21.8 Å². The van der Waals surface area contributed by atoms with Crippen LogP contribution in [0.5, 0.6) is 0 Å². The molecule has 0 amide bonds.